The molecule has 1 N–H and O–H groups in total. The summed E-state index contributed by atoms with van der Waals surface area (Å²) in [6.07, 6.45) is 3.16. The molecule has 4 rings (SSSR count). The van der Waals surface area contributed by atoms with Crippen molar-refractivity contribution < 1.29 is 23.8 Å². The van der Waals surface area contributed by atoms with E-state index < -0.39 is 17.7 Å². The second-order valence-electron chi connectivity index (χ2n) is 6.97. The highest BCUT2D eigenvalue weighted by Crippen LogP contribution is 2.40. The zero-order chi connectivity index (χ0) is 19.0. The number of aliphatic hydroxyl groups is 1. The molecule has 1 aromatic carbocycles. The number of furan rings is 1. The second-order valence-corrected chi connectivity index (χ2v) is 6.97. The molecule has 2 aliphatic heterocycles. The van der Waals surface area contributed by atoms with Crippen LogP contribution >= 0.6 is 0 Å². The Kier molecular flexibility index (Phi) is 4.58. The van der Waals surface area contributed by atoms with Gasteiger partial charge in [0, 0.05) is 18.7 Å². The molecule has 3 heterocycles. The highest BCUT2D eigenvalue weighted by Gasteiger charge is 2.48. The molecule has 6 heteroatoms. The molecule has 2 aliphatic rings. The number of ketones is 1. The predicted molar refractivity (Wildman–Crippen MR) is 97.9 cm³/mol. The summed E-state index contributed by atoms with van der Waals surface area (Å²) in [5.74, 6) is -1.08. The van der Waals surface area contributed by atoms with E-state index in [0.29, 0.717) is 24.5 Å². The fourth-order valence-corrected chi connectivity index (χ4v) is 3.69. The molecule has 6 nitrogen and oxygen atoms in total. The lowest BCUT2D eigenvalue weighted by Gasteiger charge is -2.25. The molecule has 27 heavy (non-hydrogen) atoms. The lowest BCUT2D eigenvalue weighted by molar-refractivity contribution is -0.141. The van der Waals surface area contributed by atoms with Gasteiger partial charge in [0.2, 0.25) is 0 Å². The van der Waals surface area contributed by atoms with Crippen LogP contribution in [0.15, 0.2) is 52.7 Å². The molecule has 1 amide bonds. The summed E-state index contributed by atoms with van der Waals surface area (Å²) < 4.78 is 11.2. The van der Waals surface area contributed by atoms with Gasteiger partial charge in [0.15, 0.2) is 0 Å². The van der Waals surface area contributed by atoms with Crippen molar-refractivity contribution in [3.8, 4) is 0 Å². The van der Waals surface area contributed by atoms with Crippen molar-refractivity contribution >= 4 is 17.4 Å². The van der Waals surface area contributed by atoms with E-state index in [4.69, 9.17) is 9.15 Å². The quantitative estimate of drug-likeness (QED) is 0.510. The molecule has 140 valence electrons. The Bertz CT molecular complexity index is 876. The third-order valence-corrected chi connectivity index (χ3v) is 5.10. The Morgan fingerprint density at radius 1 is 1.22 bits per heavy atom. The van der Waals surface area contributed by atoms with Crippen LogP contribution < -0.4 is 0 Å². The molecular formula is C21H21NO5. The van der Waals surface area contributed by atoms with Gasteiger partial charge in [0.05, 0.1) is 17.9 Å². The topological polar surface area (TPSA) is 80.0 Å². The normalized spacial score (nSPS) is 24.7. The van der Waals surface area contributed by atoms with Crippen LogP contribution in [-0.4, -0.2) is 41.0 Å². The number of hydrogen-bond acceptors (Lipinski definition) is 5. The standard InChI is InChI=1S/C21H21NO5/c1-13-6-8-14(9-7-13)19(23)17-18(16-5-3-11-27-16)22(21(25)20(17)24)12-15-4-2-10-26-15/h3,5-9,11,15,18,23H,2,4,10,12H2,1H3/b19-17+. The van der Waals surface area contributed by atoms with Crippen molar-refractivity contribution in [3.05, 3.63) is 65.1 Å². The maximum atomic E-state index is 12.8. The van der Waals surface area contributed by atoms with Crippen LogP contribution in [0.3, 0.4) is 0 Å². The first-order chi connectivity index (χ1) is 13.1. The summed E-state index contributed by atoms with van der Waals surface area (Å²) in [6, 6.07) is 9.81. The van der Waals surface area contributed by atoms with Gasteiger partial charge in [-0.1, -0.05) is 29.8 Å². The van der Waals surface area contributed by atoms with Crippen LogP contribution in [0.5, 0.6) is 0 Å². The molecule has 0 saturated carbocycles. The summed E-state index contributed by atoms with van der Waals surface area (Å²) in [5, 5.41) is 10.9. The molecule has 2 atom stereocenters. The summed E-state index contributed by atoms with van der Waals surface area (Å²) in [5.41, 5.74) is 1.58. The Morgan fingerprint density at radius 2 is 2.00 bits per heavy atom. The zero-order valence-corrected chi connectivity index (χ0v) is 15.1. The minimum atomic E-state index is -0.759. The van der Waals surface area contributed by atoms with E-state index in [0.717, 1.165) is 18.4 Å². The molecule has 0 aliphatic carbocycles. The monoisotopic (exact) mass is 367 g/mol. The molecular weight excluding hydrogens is 346 g/mol. The van der Waals surface area contributed by atoms with Gasteiger partial charge in [0.1, 0.15) is 17.6 Å². The van der Waals surface area contributed by atoms with Gasteiger partial charge >= 0.3 is 0 Å². The fourth-order valence-electron chi connectivity index (χ4n) is 3.69. The molecule has 2 fully saturated rings. The van der Waals surface area contributed by atoms with Crippen molar-refractivity contribution in [2.75, 3.05) is 13.2 Å². The number of nitrogens with zero attached hydrogens (tertiary/aromatic N) is 1. The zero-order valence-electron chi connectivity index (χ0n) is 15.1. The number of aliphatic hydroxyl groups excluding tert-OH is 1. The Hall–Kier alpha value is -2.86. The lowest BCUT2D eigenvalue weighted by atomic mass is 9.98. The fraction of sp³-hybridized carbons (Fsp3) is 0.333. The summed E-state index contributed by atoms with van der Waals surface area (Å²) in [6.45, 7) is 2.89. The van der Waals surface area contributed by atoms with Gasteiger partial charge in [-0.2, -0.15) is 0 Å². The molecule has 0 bridgehead atoms. The second kappa shape index (κ2) is 7.04. The van der Waals surface area contributed by atoms with Crippen molar-refractivity contribution in [3.63, 3.8) is 0 Å². The van der Waals surface area contributed by atoms with E-state index in [1.165, 1.54) is 11.2 Å². The summed E-state index contributed by atoms with van der Waals surface area (Å²) >= 11 is 0. The van der Waals surface area contributed by atoms with Gasteiger partial charge < -0.3 is 19.2 Å². The summed E-state index contributed by atoms with van der Waals surface area (Å²) in [4.78, 5) is 27.0. The van der Waals surface area contributed by atoms with Crippen LogP contribution in [0.25, 0.3) is 5.76 Å². The number of benzene rings is 1. The first-order valence-electron chi connectivity index (χ1n) is 9.06. The molecule has 1 aromatic heterocycles. The number of hydrogen-bond donors (Lipinski definition) is 1. The van der Waals surface area contributed by atoms with E-state index >= 15 is 0 Å². The SMILES string of the molecule is Cc1ccc(/C(O)=C2\C(=O)C(=O)N(CC3CCCO3)C2c2ccco2)cc1. The van der Waals surface area contributed by atoms with Crippen molar-refractivity contribution in [2.45, 2.75) is 31.9 Å². The predicted octanol–water partition coefficient (Wildman–Crippen LogP) is 3.19. The van der Waals surface area contributed by atoms with E-state index in [2.05, 4.69) is 0 Å². The van der Waals surface area contributed by atoms with Crippen molar-refractivity contribution in [2.24, 2.45) is 0 Å². The maximum Gasteiger partial charge on any atom is 0.295 e. The number of ether oxygens (including phenoxy) is 1. The molecule has 2 unspecified atom stereocenters. The maximum absolute atomic E-state index is 12.8. The van der Waals surface area contributed by atoms with Crippen LogP contribution in [0, 0.1) is 6.92 Å². The molecule has 0 radical (unpaired) electrons. The van der Waals surface area contributed by atoms with Gasteiger partial charge in [-0.05, 0) is 31.9 Å². The lowest BCUT2D eigenvalue weighted by Crippen LogP contribution is -2.36. The van der Waals surface area contributed by atoms with E-state index in [1.807, 2.05) is 19.1 Å². The van der Waals surface area contributed by atoms with Crippen LogP contribution in [0.1, 0.15) is 35.8 Å². The number of likely N-dealkylation sites (tertiary alicyclic amines) is 1. The molecule has 0 spiro atoms. The smallest absolute Gasteiger partial charge is 0.295 e. The number of carbonyl (C=O) groups is 2. The Morgan fingerprint density at radius 3 is 2.63 bits per heavy atom. The van der Waals surface area contributed by atoms with E-state index in [-0.39, 0.29) is 17.4 Å². The van der Waals surface area contributed by atoms with E-state index in [9.17, 15) is 14.7 Å². The van der Waals surface area contributed by atoms with Gasteiger partial charge in [-0.3, -0.25) is 9.59 Å². The number of Topliss-reactive ketones (excluding diaryl/α,β-unsaturated/α-hetero) is 1. The summed E-state index contributed by atoms with van der Waals surface area (Å²) in [7, 11) is 0. The van der Waals surface area contributed by atoms with Gasteiger partial charge in [-0.25, -0.2) is 0 Å². The minimum Gasteiger partial charge on any atom is -0.507 e. The Balaban J connectivity index is 1.78. The Labute approximate surface area is 157 Å². The highest BCUT2D eigenvalue weighted by molar-refractivity contribution is 6.46. The number of carbonyl (C=O) groups excluding carboxylic acids is 2. The largest absolute Gasteiger partial charge is 0.507 e. The minimum absolute atomic E-state index is 0.0526. The first kappa shape index (κ1) is 17.5. The van der Waals surface area contributed by atoms with Crippen LogP contribution in [0.4, 0.5) is 0 Å². The van der Waals surface area contributed by atoms with Gasteiger partial charge in [-0.15, -0.1) is 0 Å². The third-order valence-electron chi connectivity index (χ3n) is 5.10. The average molecular weight is 367 g/mol. The molecule has 2 saturated heterocycles. The number of aryl methyl sites for hydroxylation is 1. The average Bonchev–Trinajstić information content (AvgIpc) is 3.40. The van der Waals surface area contributed by atoms with Crippen LogP contribution in [0.2, 0.25) is 0 Å². The van der Waals surface area contributed by atoms with E-state index in [1.54, 1.807) is 24.3 Å². The van der Waals surface area contributed by atoms with Crippen LogP contribution in [-0.2, 0) is 14.3 Å². The van der Waals surface area contributed by atoms with Gasteiger partial charge in [0.25, 0.3) is 11.7 Å². The van der Waals surface area contributed by atoms with Crippen molar-refractivity contribution in [1.29, 1.82) is 0 Å². The number of amides is 1. The molecule has 2 aromatic rings. The highest BCUT2D eigenvalue weighted by atomic mass is 16.5. The van der Waals surface area contributed by atoms with Crippen molar-refractivity contribution in [1.82, 2.24) is 4.90 Å². The third kappa shape index (κ3) is 3.17. The number of rotatable bonds is 4. The first-order valence-corrected chi connectivity index (χ1v) is 9.06.